The Hall–Kier alpha value is -0.470. The highest BCUT2D eigenvalue weighted by molar-refractivity contribution is 8.00. The van der Waals surface area contributed by atoms with Crippen molar-refractivity contribution in [3.05, 3.63) is 35.4 Å². The Balaban J connectivity index is 1.57. The maximum Gasteiger partial charge on any atom is 0.0281 e. The predicted octanol–water partition coefficient (Wildman–Crippen LogP) is 3.42. The van der Waals surface area contributed by atoms with E-state index in [2.05, 4.69) is 47.6 Å². The van der Waals surface area contributed by atoms with E-state index in [0.717, 1.165) is 0 Å². The molecule has 0 amide bonds. The Bertz CT molecular complexity index is 384. The summed E-state index contributed by atoms with van der Waals surface area (Å²) in [5.74, 6) is 0. The van der Waals surface area contributed by atoms with Crippen molar-refractivity contribution in [3.63, 3.8) is 0 Å². The van der Waals surface area contributed by atoms with Gasteiger partial charge in [-0.2, -0.15) is 11.8 Å². The number of rotatable bonds is 4. The lowest BCUT2D eigenvalue weighted by atomic mass is 10.1. The third kappa shape index (κ3) is 2.46. The largest absolute Gasteiger partial charge is 0.312 e. The quantitative estimate of drug-likeness (QED) is 0.891. The molecule has 1 nitrogen and oxygen atoms in total. The minimum Gasteiger partial charge on any atom is -0.312 e. The molecule has 0 atom stereocenters. The Morgan fingerprint density at radius 1 is 1.17 bits per heavy atom. The van der Waals surface area contributed by atoms with E-state index >= 15 is 0 Å². The highest BCUT2D eigenvalue weighted by atomic mass is 32.2. The topological polar surface area (TPSA) is 12.0 Å². The first-order chi connectivity index (χ1) is 8.81. The van der Waals surface area contributed by atoms with Crippen LogP contribution in [-0.2, 0) is 12.8 Å². The number of fused-ring (bicyclic) bond motifs is 1. The van der Waals surface area contributed by atoms with Crippen molar-refractivity contribution < 1.29 is 0 Å². The lowest BCUT2D eigenvalue weighted by molar-refractivity contribution is 0.467. The van der Waals surface area contributed by atoms with Crippen LogP contribution >= 0.6 is 11.8 Å². The monoisotopic (exact) mass is 261 g/mol. The van der Waals surface area contributed by atoms with Crippen LogP contribution in [0.5, 0.6) is 0 Å². The van der Waals surface area contributed by atoms with E-state index in [0.29, 0.717) is 10.8 Å². The maximum absolute atomic E-state index is 3.84. The average Bonchev–Trinajstić information content (AvgIpc) is 3.03. The maximum atomic E-state index is 3.84. The minimum absolute atomic E-state index is 0.536. The van der Waals surface area contributed by atoms with Crippen LogP contribution in [0.1, 0.15) is 36.8 Å². The molecule has 1 aromatic rings. The van der Waals surface area contributed by atoms with Gasteiger partial charge in [0.2, 0.25) is 0 Å². The van der Waals surface area contributed by atoms with E-state index in [1.165, 1.54) is 45.1 Å². The van der Waals surface area contributed by atoms with Crippen LogP contribution in [0, 0.1) is 0 Å². The first-order valence-corrected chi connectivity index (χ1v) is 8.39. The molecule has 0 saturated heterocycles. The summed E-state index contributed by atoms with van der Waals surface area (Å²) >= 11 is 2.08. The third-order valence-corrected chi connectivity index (χ3v) is 6.13. The second-order valence-electron chi connectivity index (χ2n) is 5.85. The highest BCUT2D eigenvalue weighted by Gasteiger charge is 2.33. The molecule has 2 heteroatoms. The number of hydrogen-bond donors (Lipinski definition) is 1. The van der Waals surface area contributed by atoms with Gasteiger partial charge in [-0.15, -0.1) is 0 Å². The number of thioether (sulfide) groups is 1. The smallest absolute Gasteiger partial charge is 0.0281 e. The van der Waals surface area contributed by atoms with E-state index in [-0.39, 0.29) is 0 Å². The predicted molar refractivity (Wildman–Crippen MR) is 80.4 cm³/mol. The zero-order valence-corrected chi connectivity index (χ0v) is 12.1. The van der Waals surface area contributed by atoms with E-state index in [9.17, 15) is 0 Å². The zero-order valence-electron chi connectivity index (χ0n) is 11.2. The van der Waals surface area contributed by atoms with Gasteiger partial charge in [0.05, 0.1) is 0 Å². The molecule has 0 radical (unpaired) electrons. The lowest BCUT2D eigenvalue weighted by Gasteiger charge is -2.29. The summed E-state index contributed by atoms with van der Waals surface area (Å²) in [7, 11) is 0. The first-order valence-electron chi connectivity index (χ1n) is 7.17. The van der Waals surface area contributed by atoms with Gasteiger partial charge in [0.25, 0.3) is 0 Å². The van der Waals surface area contributed by atoms with Gasteiger partial charge in [-0.05, 0) is 43.1 Å². The van der Waals surface area contributed by atoms with Crippen molar-refractivity contribution in [2.45, 2.75) is 49.3 Å². The molecule has 3 rings (SSSR count). The molecule has 18 heavy (non-hydrogen) atoms. The number of benzene rings is 1. The van der Waals surface area contributed by atoms with Crippen LogP contribution in [0.4, 0.5) is 0 Å². The van der Waals surface area contributed by atoms with Gasteiger partial charge in [0.1, 0.15) is 0 Å². The zero-order chi connectivity index (χ0) is 12.4. The lowest BCUT2D eigenvalue weighted by Crippen LogP contribution is -2.41. The molecule has 1 fully saturated rings. The normalized spacial score (nSPS) is 22.3. The highest BCUT2D eigenvalue weighted by Crippen LogP contribution is 2.39. The van der Waals surface area contributed by atoms with Gasteiger partial charge in [-0.25, -0.2) is 0 Å². The summed E-state index contributed by atoms with van der Waals surface area (Å²) < 4.78 is 0.536. The SMILES string of the molecule is CSC1(CNC2Cc3ccccc3C2)CCCC1. The van der Waals surface area contributed by atoms with Crippen molar-refractivity contribution in [2.75, 3.05) is 12.8 Å². The molecule has 2 aliphatic carbocycles. The first kappa shape index (κ1) is 12.6. The Labute approximate surface area is 115 Å². The summed E-state index contributed by atoms with van der Waals surface area (Å²) in [5.41, 5.74) is 3.11. The molecule has 1 aromatic carbocycles. The molecule has 0 heterocycles. The van der Waals surface area contributed by atoms with Crippen LogP contribution in [0.2, 0.25) is 0 Å². The van der Waals surface area contributed by atoms with E-state index in [4.69, 9.17) is 0 Å². The second-order valence-corrected chi connectivity index (χ2v) is 7.12. The molecule has 1 N–H and O–H groups in total. The van der Waals surface area contributed by atoms with E-state index < -0.39 is 0 Å². The van der Waals surface area contributed by atoms with Gasteiger partial charge in [-0.3, -0.25) is 0 Å². The summed E-state index contributed by atoms with van der Waals surface area (Å²) in [5, 5.41) is 3.84. The minimum atomic E-state index is 0.536. The summed E-state index contributed by atoms with van der Waals surface area (Å²) in [4.78, 5) is 0. The Morgan fingerprint density at radius 3 is 2.33 bits per heavy atom. The molecule has 1 saturated carbocycles. The van der Waals surface area contributed by atoms with Crippen LogP contribution in [0.15, 0.2) is 24.3 Å². The third-order valence-electron chi connectivity index (χ3n) is 4.71. The molecule has 0 aliphatic heterocycles. The van der Waals surface area contributed by atoms with Gasteiger partial charge >= 0.3 is 0 Å². The van der Waals surface area contributed by atoms with Crippen molar-refractivity contribution in [3.8, 4) is 0 Å². The standard InChI is InChI=1S/C16H23NS/c1-18-16(8-4-5-9-16)12-17-15-10-13-6-2-3-7-14(13)11-15/h2-3,6-7,15,17H,4-5,8-12H2,1H3. The molecule has 0 aromatic heterocycles. The van der Waals surface area contributed by atoms with Gasteiger partial charge < -0.3 is 5.32 Å². The van der Waals surface area contributed by atoms with Crippen LogP contribution in [0.3, 0.4) is 0 Å². The summed E-state index contributed by atoms with van der Waals surface area (Å²) in [6.07, 6.45) is 10.4. The van der Waals surface area contributed by atoms with Gasteiger partial charge in [-0.1, -0.05) is 37.1 Å². The van der Waals surface area contributed by atoms with Gasteiger partial charge in [0, 0.05) is 17.3 Å². The van der Waals surface area contributed by atoms with Crippen LogP contribution in [-0.4, -0.2) is 23.6 Å². The van der Waals surface area contributed by atoms with E-state index in [1.807, 2.05) is 0 Å². The number of nitrogens with one attached hydrogen (secondary N) is 1. The van der Waals surface area contributed by atoms with Gasteiger partial charge in [0.15, 0.2) is 0 Å². The second kappa shape index (κ2) is 5.26. The molecule has 0 unspecified atom stereocenters. The van der Waals surface area contributed by atoms with Crippen molar-refractivity contribution in [1.29, 1.82) is 0 Å². The Kier molecular flexibility index (Phi) is 3.67. The van der Waals surface area contributed by atoms with Crippen molar-refractivity contribution in [2.24, 2.45) is 0 Å². The average molecular weight is 261 g/mol. The summed E-state index contributed by atoms with van der Waals surface area (Å²) in [6.45, 7) is 1.20. The van der Waals surface area contributed by atoms with Crippen LogP contribution < -0.4 is 5.32 Å². The van der Waals surface area contributed by atoms with Crippen molar-refractivity contribution in [1.82, 2.24) is 5.32 Å². The molecule has 2 aliphatic rings. The fourth-order valence-corrected chi connectivity index (χ4v) is 4.43. The molecule has 98 valence electrons. The van der Waals surface area contributed by atoms with Crippen molar-refractivity contribution >= 4 is 11.8 Å². The fourth-order valence-electron chi connectivity index (χ4n) is 3.51. The molecule has 0 bridgehead atoms. The van der Waals surface area contributed by atoms with Crippen LogP contribution in [0.25, 0.3) is 0 Å². The molecular formula is C16H23NS. The Morgan fingerprint density at radius 2 is 1.78 bits per heavy atom. The summed E-state index contributed by atoms with van der Waals surface area (Å²) in [6, 6.07) is 9.59. The number of hydrogen-bond acceptors (Lipinski definition) is 2. The molecular weight excluding hydrogens is 238 g/mol. The van der Waals surface area contributed by atoms with E-state index in [1.54, 1.807) is 11.1 Å². The fraction of sp³-hybridized carbons (Fsp3) is 0.625. The molecule has 0 spiro atoms.